The molecular weight excluding hydrogens is 444 g/mol. The normalized spacial score (nSPS) is 20.6. The van der Waals surface area contributed by atoms with Gasteiger partial charge in [-0.15, -0.1) is 0 Å². The molecule has 2 aliphatic rings. The quantitative estimate of drug-likeness (QED) is 0.406. The van der Waals surface area contributed by atoms with E-state index in [1.807, 2.05) is 42.6 Å². The molecule has 3 aromatic rings. The molecule has 0 bridgehead atoms. The fourth-order valence-corrected chi connectivity index (χ4v) is 6.01. The number of pyridine rings is 1. The van der Waals surface area contributed by atoms with Gasteiger partial charge in [0.1, 0.15) is 0 Å². The number of carbonyl (C=O) groups is 1. The van der Waals surface area contributed by atoms with E-state index in [2.05, 4.69) is 45.7 Å². The Morgan fingerprint density at radius 3 is 2.50 bits per heavy atom. The van der Waals surface area contributed by atoms with Crippen molar-refractivity contribution in [3.05, 3.63) is 82.9 Å². The lowest BCUT2D eigenvalue weighted by Gasteiger charge is -2.33. The van der Waals surface area contributed by atoms with Crippen molar-refractivity contribution < 1.29 is 9.53 Å². The summed E-state index contributed by atoms with van der Waals surface area (Å²) in [4.78, 5) is 19.0. The number of nitrogens with one attached hydrogen (secondary N) is 1. The first kappa shape index (κ1) is 22.6. The summed E-state index contributed by atoms with van der Waals surface area (Å²) in [6.07, 6.45) is 6.68. The van der Waals surface area contributed by atoms with Gasteiger partial charge < -0.3 is 19.5 Å². The van der Waals surface area contributed by atoms with Gasteiger partial charge in [-0.1, -0.05) is 18.9 Å². The van der Waals surface area contributed by atoms with E-state index in [-0.39, 0.29) is 18.1 Å². The molecule has 5 rings (SSSR count). The molecule has 0 radical (unpaired) electrons. The van der Waals surface area contributed by atoms with Crippen LogP contribution in [-0.4, -0.2) is 38.7 Å². The van der Waals surface area contributed by atoms with E-state index in [1.54, 1.807) is 0 Å². The van der Waals surface area contributed by atoms with E-state index in [1.165, 1.54) is 44.1 Å². The Kier molecular flexibility index (Phi) is 6.13. The molecule has 3 heterocycles. The third-order valence-electron chi connectivity index (χ3n) is 7.19. The summed E-state index contributed by atoms with van der Waals surface area (Å²) in [5, 5.41) is 4.42. The molecule has 1 saturated heterocycles. The van der Waals surface area contributed by atoms with Crippen LogP contribution >= 0.6 is 12.2 Å². The van der Waals surface area contributed by atoms with E-state index < -0.39 is 0 Å². The van der Waals surface area contributed by atoms with Gasteiger partial charge in [-0.05, 0) is 86.9 Å². The van der Waals surface area contributed by atoms with Crippen LogP contribution in [0.2, 0.25) is 0 Å². The summed E-state index contributed by atoms with van der Waals surface area (Å²) in [6, 6.07) is 16.4. The van der Waals surface area contributed by atoms with Crippen molar-refractivity contribution in [3.8, 4) is 5.69 Å². The fourth-order valence-electron chi connectivity index (χ4n) is 5.62. The number of esters is 1. The first-order valence-electron chi connectivity index (χ1n) is 11.9. The summed E-state index contributed by atoms with van der Waals surface area (Å²) in [7, 11) is 1.40. The number of benzene rings is 1. The Morgan fingerprint density at radius 1 is 1.12 bits per heavy atom. The van der Waals surface area contributed by atoms with Gasteiger partial charge in [0.2, 0.25) is 0 Å². The van der Waals surface area contributed by atoms with Crippen LogP contribution < -0.4 is 5.32 Å². The maximum Gasteiger partial charge on any atom is 0.337 e. The minimum Gasteiger partial charge on any atom is -0.465 e. The lowest BCUT2D eigenvalue weighted by molar-refractivity contribution is 0.0600. The van der Waals surface area contributed by atoms with Crippen molar-refractivity contribution in [2.24, 2.45) is 0 Å². The smallest absolute Gasteiger partial charge is 0.337 e. The summed E-state index contributed by atoms with van der Waals surface area (Å²) < 4.78 is 7.10. The summed E-state index contributed by atoms with van der Waals surface area (Å²) >= 11 is 5.89. The van der Waals surface area contributed by atoms with Crippen molar-refractivity contribution in [2.45, 2.75) is 57.7 Å². The minimum atomic E-state index is -0.330. The predicted molar refractivity (Wildman–Crippen MR) is 136 cm³/mol. The Balaban J connectivity index is 1.58. The number of ether oxygens (including phenoxy) is 1. The molecule has 1 aromatic carbocycles. The zero-order valence-electron chi connectivity index (χ0n) is 19.8. The van der Waals surface area contributed by atoms with Gasteiger partial charge in [0, 0.05) is 29.3 Å². The maximum atomic E-state index is 11.9. The highest BCUT2D eigenvalue weighted by atomic mass is 32.1. The van der Waals surface area contributed by atoms with Crippen molar-refractivity contribution in [1.82, 2.24) is 19.8 Å². The highest BCUT2D eigenvalue weighted by molar-refractivity contribution is 7.80. The SMILES string of the molecule is COC(=O)c1ccc(-n2c(C)cc([C@@H]3[C@H](c4ccccn4)NC(=S)N3C3CCCC3)c2C)cc1. The van der Waals surface area contributed by atoms with E-state index in [0.29, 0.717) is 11.6 Å². The van der Waals surface area contributed by atoms with Crippen molar-refractivity contribution in [3.63, 3.8) is 0 Å². The lowest BCUT2D eigenvalue weighted by Crippen LogP contribution is -2.37. The lowest BCUT2D eigenvalue weighted by atomic mass is 9.95. The molecule has 6 nitrogen and oxygen atoms in total. The number of hydrogen-bond donors (Lipinski definition) is 1. The number of aromatic nitrogens is 2. The van der Waals surface area contributed by atoms with Gasteiger partial charge in [-0.3, -0.25) is 4.98 Å². The van der Waals surface area contributed by atoms with Crippen molar-refractivity contribution in [1.29, 1.82) is 0 Å². The number of aryl methyl sites for hydroxylation is 1. The standard InChI is InChI=1S/C27H30N4O2S/c1-17-16-22(18(2)30(17)21-13-11-19(12-14-21)26(32)33-3)25-24(23-10-6-7-15-28-23)29-27(34)31(25)20-8-4-5-9-20/h6-7,10-16,20,24-25H,4-5,8-9H2,1-3H3,(H,29,34)/t24-,25+/m0/s1. The Morgan fingerprint density at radius 2 is 1.85 bits per heavy atom. The van der Waals surface area contributed by atoms with E-state index >= 15 is 0 Å². The Bertz CT molecular complexity index is 1200. The van der Waals surface area contributed by atoms with Crippen LogP contribution in [-0.2, 0) is 4.74 Å². The second-order valence-corrected chi connectivity index (χ2v) is 9.56. The Labute approximate surface area is 205 Å². The van der Waals surface area contributed by atoms with Gasteiger partial charge in [0.15, 0.2) is 5.11 Å². The fraction of sp³-hybridized carbons (Fsp3) is 0.370. The number of thiocarbonyl (C=S) groups is 1. The molecule has 1 N–H and O–H groups in total. The van der Waals surface area contributed by atoms with Crippen LogP contribution in [0, 0.1) is 13.8 Å². The van der Waals surface area contributed by atoms with Crippen LogP contribution in [0.1, 0.15) is 70.8 Å². The number of methoxy groups -OCH3 is 1. The van der Waals surface area contributed by atoms with Gasteiger partial charge in [0.05, 0.1) is 30.5 Å². The number of hydrogen-bond acceptors (Lipinski definition) is 4. The number of nitrogens with zero attached hydrogens (tertiary/aromatic N) is 3. The molecule has 2 fully saturated rings. The molecule has 1 aliphatic carbocycles. The number of carbonyl (C=O) groups excluding carboxylic acids is 1. The van der Waals surface area contributed by atoms with E-state index in [4.69, 9.17) is 17.0 Å². The third-order valence-corrected chi connectivity index (χ3v) is 7.52. The average molecular weight is 475 g/mol. The zero-order chi connectivity index (χ0) is 23.8. The average Bonchev–Trinajstić information content (AvgIpc) is 3.57. The molecule has 2 atom stereocenters. The van der Waals surface area contributed by atoms with Crippen molar-refractivity contribution >= 4 is 23.3 Å². The molecule has 2 aromatic heterocycles. The first-order valence-corrected chi connectivity index (χ1v) is 12.3. The molecule has 1 aliphatic heterocycles. The van der Waals surface area contributed by atoms with Gasteiger partial charge in [-0.25, -0.2) is 4.79 Å². The molecule has 7 heteroatoms. The van der Waals surface area contributed by atoms with Gasteiger partial charge >= 0.3 is 5.97 Å². The zero-order valence-corrected chi connectivity index (χ0v) is 20.6. The predicted octanol–water partition coefficient (Wildman–Crippen LogP) is 5.19. The highest BCUT2D eigenvalue weighted by Gasteiger charge is 2.44. The molecule has 0 amide bonds. The largest absolute Gasteiger partial charge is 0.465 e. The van der Waals surface area contributed by atoms with Crippen LogP contribution in [0.3, 0.4) is 0 Å². The number of rotatable bonds is 5. The van der Waals surface area contributed by atoms with Crippen LogP contribution in [0.25, 0.3) is 5.69 Å². The maximum absolute atomic E-state index is 11.9. The second-order valence-electron chi connectivity index (χ2n) is 9.17. The summed E-state index contributed by atoms with van der Waals surface area (Å²) in [5.74, 6) is -0.330. The molecule has 0 spiro atoms. The molecule has 1 saturated carbocycles. The first-order chi connectivity index (χ1) is 16.5. The third kappa shape index (κ3) is 3.88. The van der Waals surface area contributed by atoms with E-state index in [0.717, 1.165) is 22.2 Å². The topological polar surface area (TPSA) is 59.4 Å². The van der Waals surface area contributed by atoms with Crippen LogP contribution in [0.4, 0.5) is 0 Å². The minimum absolute atomic E-state index is 0.00931. The molecule has 176 valence electrons. The summed E-state index contributed by atoms with van der Waals surface area (Å²) in [5.41, 5.74) is 6.13. The van der Waals surface area contributed by atoms with Crippen LogP contribution in [0.5, 0.6) is 0 Å². The molecule has 0 unspecified atom stereocenters. The molecule has 34 heavy (non-hydrogen) atoms. The molecular formula is C27H30N4O2S. The second kappa shape index (κ2) is 9.22. The van der Waals surface area contributed by atoms with Crippen molar-refractivity contribution in [2.75, 3.05) is 7.11 Å². The Hall–Kier alpha value is -3.19. The summed E-state index contributed by atoms with van der Waals surface area (Å²) in [6.45, 7) is 4.29. The van der Waals surface area contributed by atoms with Gasteiger partial charge in [0.25, 0.3) is 0 Å². The van der Waals surface area contributed by atoms with Crippen LogP contribution in [0.15, 0.2) is 54.7 Å². The monoisotopic (exact) mass is 474 g/mol. The highest BCUT2D eigenvalue weighted by Crippen LogP contribution is 2.44. The van der Waals surface area contributed by atoms with E-state index in [9.17, 15) is 4.79 Å². The van der Waals surface area contributed by atoms with Gasteiger partial charge in [-0.2, -0.15) is 0 Å².